The Bertz CT molecular complexity index is 891. The second-order valence-electron chi connectivity index (χ2n) is 5.91. The van der Waals surface area contributed by atoms with Crippen molar-refractivity contribution in [1.29, 1.82) is 0 Å². The molecule has 1 unspecified atom stereocenters. The lowest BCUT2D eigenvalue weighted by atomic mass is 10.2. The molecule has 6 heteroatoms. The van der Waals surface area contributed by atoms with Crippen LogP contribution in [0.2, 0.25) is 0 Å². The minimum atomic E-state index is -0.225. The first-order valence-electron chi connectivity index (χ1n) is 8.13. The van der Waals surface area contributed by atoms with Gasteiger partial charge < -0.3 is 4.74 Å². The Labute approximate surface area is 150 Å². The second-order valence-corrected chi connectivity index (χ2v) is 7.08. The summed E-state index contributed by atoms with van der Waals surface area (Å²) in [4.78, 5) is 11.8. The van der Waals surface area contributed by atoms with E-state index in [4.69, 9.17) is 4.74 Å². The highest BCUT2D eigenvalue weighted by Crippen LogP contribution is 2.33. The monoisotopic (exact) mass is 351 g/mol. The van der Waals surface area contributed by atoms with Crippen LogP contribution in [0.25, 0.3) is 17.1 Å². The number of hydrogen-bond donors (Lipinski definition) is 0. The molecule has 126 valence electrons. The average Bonchev–Trinajstić information content (AvgIpc) is 3.24. The van der Waals surface area contributed by atoms with Crippen molar-refractivity contribution in [2.45, 2.75) is 23.8 Å². The molecule has 25 heavy (non-hydrogen) atoms. The minimum Gasteiger partial charge on any atom is -0.465 e. The molecule has 1 saturated heterocycles. The van der Waals surface area contributed by atoms with E-state index < -0.39 is 0 Å². The molecule has 0 aliphatic carbocycles. The maximum Gasteiger partial charge on any atom is 0.319 e. The zero-order valence-corrected chi connectivity index (χ0v) is 14.6. The number of hydrogen-bond acceptors (Lipinski definition) is 5. The fraction of sp³-hybridized carbons (Fsp3) is 0.211. The van der Waals surface area contributed by atoms with Crippen molar-refractivity contribution in [1.82, 2.24) is 14.8 Å². The molecule has 0 amide bonds. The highest BCUT2D eigenvalue weighted by molar-refractivity contribution is 8.00. The lowest BCUT2D eigenvalue weighted by Crippen LogP contribution is -2.11. The van der Waals surface area contributed by atoms with Gasteiger partial charge in [-0.3, -0.25) is 9.36 Å². The van der Waals surface area contributed by atoms with Crippen molar-refractivity contribution in [3.63, 3.8) is 0 Å². The number of ether oxygens (including phenoxy) is 1. The summed E-state index contributed by atoms with van der Waals surface area (Å²) >= 11 is 1.42. The number of nitrogens with zero attached hydrogens (tertiary/aromatic N) is 3. The number of thioether (sulfide) groups is 1. The number of rotatable bonds is 4. The van der Waals surface area contributed by atoms with Gasteiger partial charge in [-0.1, -0.05) is 59.8 Å². The van der Waals surface area contributed by atoms with Crippen molar-refractivity contribution in [3.8, 4) is 17.1 Å². The van der Waals surface area contributed by atoms with Gasteiger partial charge in [0.15, 0.2) is 11.0 Å². The molecule has 1 aromatic heterocycles. The highest BCUT2D eigenvalue weighted by Gasteiger charge is 2.30. The Hall–Kier alpha value is -2.60. The number of esters is 1. The van der Waals surface area contributed by atoms with Crippen LogP contribution >= 0.6 is 11.8 Å². The van der Waals surface area contributed by atoms with Crippen LogP contribution in [0.15, 0.2) is 59.8 Å². The van der Waals surface area contributed by atoms with Crippen molar-refractivity contribution in [2.75, 3.05) is 6.61 Å². The van der Waals surface area contributed by atoms with Gasteiger partial charge in [0.05, 0.1) is 6.61 Å². The lowest BCUT2D eigenvalue weighted by Gasteiger charge is -2.12. The van der Waals surface area contributed by atoms with Crippen LogP contribution in [0.1, 0.15) is 12.0 Å². The fourth-order valence-electron chi connectivity index (χ4n) is 2.76. The first-order valence-corrected chi connectivity index (χ1v) is 9.01. The Morgan fingerprint density at radius 1 is 1.08 bits per heavy atom. The van der Waals surface area contributed by atoms with E-state index in [1.165, 1.54) is 17.3 Å². The van der Waals surface area contributed by atoms with Crippen LogP contribution in [0.4, 0.5) is 0 Å². The Morgan fingerprint density at radius 3 is 2.52 bits per heavy atom. The molecular weight excluding hydrogens is 334 g/mol. The predicted molar refractivity (Wildman–Crippen MR) is 96.8 cm³/mol. The molecule has 1 atom stereocenters. The number of cyclic esters (lactones) is 1. The summed E-state index contributed by atoms with van der Waals surface area (Å²) < 4.78 is 7.08. The summed E-state index contributed by atoms with van der Waals surface area (Å²) in [7, 11) is 0. The summed E-state index contributed by atoms with van der Waals surface area (Å²) in [5.41, 5.74) is 3.14. The molecule has 1 fully saturated rings. The SMILES string of the molecule is Cc1ccc(-n2c(SC3CCOC3=O)nnc2-c2ccccc2)cc1. The third kappa shape index (κ3) is 3.17. The van der Waals surface area contributed by atoms with E-state index in [9.17, 15) is 4.79 Å². The summed E-state index contributed by atoms with van der Waals surface area (Å²) in [5, 5.41) is 9.23. The maximum atomic E-state index is 11.8. The lowest BCUT2D eigenvalue weighted by molar-refractivity contribution is -0.137. The molecule has 3 aromatic rings. The number of carbonyl (C=O) groups excluding carboxylic acids is 1. The quantitative estimate of drug-likeness (QED) is 0.672. The summed E-state index contributed by atoms with van der Waals surface area (Å²) in [6.07, 6.45) is 0.699. The molecule has 0 spiro atoms. The highest BCUT2D eigenvalue weighted by atomic mass is 32.2. The van der Waals surface area contributed by atoms with E-state index in [1.807, 2.05) is 47.0 Å². The zero-order chi connectivity index (χ0) is 17.2. The van der Waals surface area contributed by atoms with Gasteiger partial charge in [-0.15, -0.1) is 10.2 Å². The van der Waals surface area contributed by atoms with E-state index in [-0.39, 0.29) is 11.2 Å². The van der Waals surface area contributed by atoms with Crippen LogP contribution in [-0.4, -0.2) is 32.6 Å². The molecule has 0 radical (unpaired) electrons. The van der Waals surface area contributed by atoms with E-state index in [0.717, 1.165) is 17.1 Å². The van der Waals surface area contributed by atoms with Crippen molar-refractivity contribution >= 4 is 17.7 Å². The van der Waals surface area contributed by atoms with Gasteiger partial charge in [-0.2, -0.15) is 0 Å². The maximum absolute atomic E-state index is 11.8. The number of benzene rings is 2. The van der Waals surface area contributed by atoms with Gasteiger partial charge in [-0.05, 0) is 19.1 Å². The standard InChI is InChI=1S/C19H17N3O2S/c1-13-7-9-15(10-8-13)22-17(14-5-3-2-4-6-14)20-21-19(22)25-16-11-12-24-18(16)23/h2-10,16H,11-12H2,1H3. The Morgan fingerprint density at radius 2 is 1.84 bits per heavy atom. The molecule has 0 N–H and O–H groups in total. The van der Waals surface area contributed by atoms with Crippen LogP contribution in [0.5, 0.6) is 0 Å². The fourth-order valence-corrected chi connectivity index (χ4v) is 3.78. The van der Waals surface area contributed by atoms with E-state index in [2.05, 4.69) is 29.3 Å². The van der Waals surface area contributed by atoms with E-state index in [1.54, 1.807) is 0 Å². The van der Waals surface area contributed by atoms with Crippen LogP contribution in [-0.2, 0) is 9.53 Å². The van der Waals surface area contributed by atoms with Crippen molar-refractivity contribution in [3.05, 3.63) is 60.2 Å². The second kappa shape index (κ2) is 6.72. The van der Waals surface area contributed by atoms with Crippen molar-refractivity contribution < 1.29 is 9.53 Å². The summed E-state index contributed by atoms with van der Waals surface area (Å²) in [5.74, 6) is 0.586. The zero-order valence-electron chi connectivity index (χ0n) is 13.8. The first kappa shape index (κ1) is 15.9. The molecule has 4 rings (SSSR count). The van der Waals surface area contributed by atoms with Crippen molar-refractivity contribution in [2.24, 2.45) is 0 Å². The topological polar surface area (TPSA) is 57.0 Å². The van der Waals surface area contributed by atoms with Gasteiger partial charge in [-0.25, -0.2) is 0 Å². The third-order valence-electron chi connectivity index (χ3n) is 4.09. The number of aromatic nitrogens is 3. The number of aryl methyl sites for hydroxylation is 1. The van der Waals surface area contributed by atoms with Gasteiger partial charge in [0, 0.05) is 17.7 Å². The smallest absolute Gasteiger partial charge is 0.319 e. The largest absolute Gasteiger partial charge is 0.465 e. The van der Waals surface area contributed by atoms with E-state index >= 15 is 0 Å². The van der Waals surface area contributed by atoms with Crippen LogP contribution in [0.3, 0.4) is 0 Å². The molecule has 2 heterocycles. The van der Waals surface area contributed by atoms with E-state index in [0.29, 0.717) is 18.2 Å². The third-order valence-corrected chi connectivity index (χ3v) is 5.28. The normalized spacial score (nSPS) is 16.8. The molecular formula is C19H17N3O2S. The molecule has 5 nitrogen and oxygen atoms in total. The average molecular weight is 351 g/mol. The Balaban J connectivity index is 1.80. The number of carbonyl (C=O) groups is 1. The van der Waals surface area contributed by atoms with Gasteiger partial charge in [0.1, 0.15) is 5.25 Å². The van der Waals surface area contributed by atoms with Gasteiger partial charge in [0.25, 0.3) is 0 Å². The van der Waals surface area contributed by atoms with Gasteiger partial charge in [0.2, 0.25) is 0 Å². The molecule has 1 aliphatic rings. The molecule has 1 aliphatic heterocycles. The molecule has 0 bridgehead atoms. The van der Waals surface area contributed by atoms with Crippen LogP contribution in [0, 0.1) is 6.92 Å². The minimum absolute atomic E-state index is 0.176. The first-order chi connectivity index (χ1) is 12.2. The van der Waals surface area contributed by atoms with Crippen LogP contribution < -0.4 is 0 Å². The Kier molecular flexibility index (Phi) is 4.28. The van der Waals surface area contributed by atoms with Gasteiger partial charge >= 0.3 is 5.97 Å². The summed E-state index contributed by atoms with van der Waals surface area (Å²) in [6, 6.07) is 18.1. The predicted octanol–water partition coefficient (Wildman–Crippen LogP) is 3.65. The summed E-state index contributed by atoms with van der Waals surface area (Å²) in [6.45, 7) is 2.53. The molecule has 2 aromatic carbocycles. The molecule has 0 saturated carbocycles.